The molecule has 0 saturated carbocycles. The lowest BCUT2D eigenvalue weighted by Crippen LogP contribution is -2.25. The van der Waals surface area contributed by atoms with E-state index >= 15 is 0 Å². The quantitative estimate of drug-likeness (QED) is 0.726. The minimum atomic E-state index is -0.306. The lowest BCUT2D eigenvalue weighted by atomic mass is 10.1. The molecule has 25 heavy (non-hydrogen) atoms. The van der Waals surface area contributed by atoms with Crippen molar-refractivity contribution in [3.05, 3.63) is 85.0 Å². The summed E-state index contributed by atoms with van der Waals surface area (Å²) >= 11 is 0. The Bertz CT molecular complexity index is 767. The van der Waals surface area contributed by atoms with E-state index in [9.17, 15) is 9.59 Å². The van der Waals surface area contributed by atoms with Gasteiger partial charge in [0.05, 0.1) is 11.3 Å². The SMILES string of the molecule is C=CCNC(=O)c1ccccc1NC(=O)c1ccc(OCC=C)cc1. The topological polar surface area (TPSA) is 67.4 Å². The second kappa shape index (κ2) is 9.08. The van der Waals surface area contributed by atoms with Crippen molar-refractivity contribution in [1.29, 1.82) is 0 Å². The molecule has 2 aromatic rings. The summed E-state index contributed by atoms with van der Waals surface area (Å²) in [5, 5.41) is 5.46. The molecule has 2 rings (SSSR count). The monoisotopic (exact) mass is 336 g/mol. The molecule has 0 aromatic heterocycles. The van der Waals surface area contributed by atoms with Crippen molar-refractivity contribution in [2.75, 3.05) is 18.5 Å². The first-order valence-corrected chi connectivity index (χ1v) is 7.79. The second-order valence-corrected chi connectivity index (χ2v) is 5.12. The van der Waals surface area contributed by atoms with Crippen molar-refractivity contribution in [3.63, 3.8) is 0 Å². The predicted octanol–water partition coefficient (Wildman–Crippen LogP) is 3.42. The normalized spacial score (nSPS) is 9.76. The van der Waals surface area contributed by atoms with E-state index in [2.05, 4.69) is 23.8 Å². The van der Waals surface area contributed by atoms with Gasteiger partial charge in [-0.1, -0.05) is 30.9 Å². The molecule has 0 aliphatic heterocycles. The van der Waals surface area contributed by atoms with E-state index < -0.39 is 0 Å². The van der Waals surface area contributed by atoms with Crippen molar-refractivity contribution in [3.8, 4) is 5.75 Å². The Balaban J connectivity index is 2.11. The zero-order chi connectivity index (χ0) is 18.1. The molecule has 0 aliphatic rings. The summed E-state index contributed by atoms with van der Waals surface area (Å²) in [6, 6.07) is 13.6. The summed E-state index contributed by atoms with van der Waals surface area (Å²) in [6.45, 7) is 7.90. The van der Waals surface area contributed by atoms with Crippen LogP contribution >= 0.6 is 0 Å². The molecular formula is C20H20N2O3. The van der Waals surface area contributed by atoms with E-state index in [1.807, 2.05) is 0 Å². The fourth-order valence-corrected chi connectivity index (χ4v) is 2.10. The third kappa shape index (κ3) is 5.07. The second-order valence-electron chi connectivity index (χ2n) is 5.12. The highest BCUT2D eigenvalue weighted by Crippen LogP contribution is 2.18. The summed E-state index contributed by atoms with van der Waals surface area (Å²) in [5.41, 5.74) is 1.30. The van der Waals surface area contributed by atoms with Crippen LogP contribution in [0.1, 0.15) is 20.7 Å². The number of carbonyl (C=O) groups is 2. The molecule has 0 atom stereocenters. The first-order valence-electron chi connectivity index (χ1n) is 7.79. The summed E-state index contributed by atoms with van der Waals surface area (Å²) < 4.78 is 5.39. The number of carbonyl (C=O) groups excluding carboxylic acids is 2. The lowest BCUT2D eigenvalue weighted by Gasteiger charge is -2.11. The molecule has 2 aromatic carbocycles. The van der Waals surface area contributed by atoms with E-state index in [0.29, 0.717) is 35.7 Å². The summed E-state index contributed by atoms with van der Waals surface area (Å²) in [4.78, 5) is 24.6. The summed E-state index contributed by atoms with van der Waals surface area (Å²) in [7, 11) is 0. The molecule has 2 N–H and O–H groups in total. The highest BCUT2D eigenvalue weighted by atomic mass is 16.5. The van der Waals surface area contributed by atoms with Crippen LogP contribution in [0.4, 0.5) is 5.69 Å². The zero-order valence-corrected chi connectivity index (χ0v) is 13.8. The van der Waals surface area contributed by atoms with E-state index in [-0.39, 0.29) is 11.8 Å². The molecular weight excluding hydrogens is 316 g/mol. The van der Waals surface area contributed by atoms with E-state index in [1.165, 1.54) is 0 Å². The number of hydrogen-bond acceptors (Lipinski definition) is 3. The molecule has 0 spiro atoms. The van der Waals surface area contributed by atoms with Gasteiger partial charge in [-0.2, -0.15) is 0 Å². The van der Waals surface area contributed by atoms with Crippen molar-refractivity contribution in [2.24, 2.45) is 0 Å². The largest absolute Gasteiger partial charge is 0.490 e. The van der Waals surface area contributed by atoms with Gasteiger partial charge in [-0.25, -0.2) is 0 Å². The molecule has 0 unspecified atom stereocenters. The number of nitrogens with one attached hydrogen (secondary N) is 2. The molecule has 0 bridgehead atoms. The third-order valence-corrected chi connectivity index (χ3v) is 3.31. The van der Waals surface area contributed by atoms with Gasteiger partial charge in [0, 0.05) is 12.1 Å². The Kier molecular flexibility index (Phi) is 6.54. The smallest absolute Gasteiger partial charge is 0.255 e. The van der Waals surface area contributed by atoms with Crippen LogP contribution in [0.2, 0.25) is 0 Å². The van der Waals surface area contributed by atoms with Gasteiger partial charge in [0.1, 0.15) is 12.4 Å². The van der Waals surface area contributed by atoms with Gasteiger partial charge >= 0.3 is 0 Å². The van der Waals surface area contributed by atoms with Gasteiger partial charge in [-0.15, -0.1) is 6.58 Å². The number of rotatable bonds is 8. The molecule has 0 fully saturated rings. The maximum Gasteiger partial charge on any atom is 0.255 e. The van der Waals surface area contributed by atoms with Crippen molar-refractivity contribution >= 4 is 17.5 Å². The van der Waals surface area contributed by atoms with Gasteiger partial charge in [0.2, 0.25) is 0 Å². The predicted molar refractivity (Wildman–Crippen MR) is 99.1 cm³/mol. The Labute approximate surface area is 147 Å². The maximum absolute atomic E-state index is 12.4. The molecule has 0 aliphatic carbocycles. The number of anilines is 1. The van der Waals surface area contributed by atoms with Gasteiger partial charge < -0.3 is 15.4 Å². The first kappa shape index (κ1) is 18.0. The molecule has 2 amide bonds. The van der Waals surface area contributed by atoms with Crippen LogP contribution in [-0.4, -0.2) is 25.0 Å². The van der Waals surface area contributed by atoms with Crippen LogP contribution in [0.5, 0.6) is 5.75 Å². The zero-order valence-electron chi connectivity index (χ0n) is 13.8. The molecule has 0 heterocycles. The van der Waals surface area contributed by atoms with Crippen molar-refractivity contribution < 1.29 is 14.3 Å². The van der Waals surface area contributed by atoms with Crippen LogP contribution in [0.25, 0.3) is 0 Å². The molecule has 0 radical (unpaired) electrons. The van der Waals surface area contributed by atoms with Gasteiger partial charge in [-0.3, -0.25) is 9.59 Å². The van der Waals surface area contributed by atoms with E-state index in [1.54, 1.807) is 60.7 Å². The fraction of sp³-hybridized carbons (Fsp3) is 0.100. The molecule has 0 saturated heterocycles. The Morgan fingerprint density at radius 1 is 0.960 bits per heavy atom. The number of ether oxygens (including phenoxy) is 1. The van der Waals surface area contributed by atoms with Gasteiger partial charge in [0.25, 0.3) is 11.8 Å². The number of amides is 2. The standard InChI is InChI=1S/C20H20N2O3/c1-3-13-21-20(24)17-7-5-6-8-18(17)22-19(23)15-9-11-16(12-10-15)25-14-4-2/h3-12H,1-2,13-14H2,(H,21,24)(H,22,23). The van der Waals surface area contributed by atoms with Crippen molar-refractivity contribution in [2.45, 2.75) is 0 Å². The number of hydrogen-bond donors (Lipinski definition) is 2. The minimum Gasteiger partial charge on any atom is -0.490 e. The summed E-state index contributed by atoms with van der Waals surface area (Å²) in [6.07, 6.45) is 3.24. The number of para-hydroxylation sites is 1. The van der Waals surface area contributed by atoms with E-state index in [4.69, 9.17) is 4.74 Å². The highest BCUT2D eigenvalue weighted by Gasteiger charge is 2.13. The van der Waals surface area contributed by atoms with Crippen LogP contribution in [-0.2, 0) is 0 Å². The van der Waals surface area contributed by atoms with Gasteiger partial charge in [-0.05, 0) is 36.4 Å². The first-order chi connectivity index (χ1) is 12.2. The third-order valence-electron chi connectivity index (χ3n) is 3.31. The Morgan fingerprint density at radius 2 is 1.68 bits per heavy atom. The lowest BCUT2D eigenvalue weighted by molar-refractivity contribution is 0.0959. The Morgan fingerprint density at radius 3 is 2.36 bits per heavy atom. The van der Waals surface area contributed by atoms with Crippen LogP contribution < -0.4 is 15.4 Å². The Hall–Kier alpha value is -3.34. The number of benzene rings is 2. The minimum absolute atomic E-state index is 0.274. The average molecular weight is 336 g/mol. The highest BCUT2D eigenvalue weighted by molar-refractivity contribution is 6.09. The summed E-state index contributed by atoms with van der Waals surface area (Å²) in [5.74, 6) is 0.0730. The molecule has 128 valence electrons. The fourth-order valence-electron chi connectivity index (χ4n) is 2.10. The van der Waals surface area contributed by atoms with Crippen LogP contribution in [0.3, 0.4) is 0 Å². The van der Waals surface area contributed by atoms with Gasteiger partial charge in [0.15, 0.2) is 0 Å². The molecule has 5 heteroatoms. The van der Waals surface area contributed by atoms with E-state index in [0.717, 1.165) is 0 Å². The van der Waals surface area contributed by atoms with Crippen molar-refractivity contribution in [1.82, 2.24) is 5.32 Å². The average Bonchev–Trinajstić information content (AvgIpc) is 2.65. The van der Waals surface area contributed by atoms with Crippen LogP contribution in [0.15, 0.2) is 73.8 Å². The van der Waals surface area contributed by atoms with Crippen LogP contribution in [0, 0.1) is 0 Å². The maximum atomic E-state index is 12.4. The molecule has 5 nitrogen and oxygen atoms in total.